The molecule has 0 spiro atoms. The van der Waals surface area contributed by atoms with Gasteiger partial charge in [-0.25, -0.2) is 0 Å². The number of hydrogen-bond donors (Lipinski definition) is 0. The van der Waals surface area contributed by atoms with Crippen LogP contribution in [0, 0.1) is 5.41 Å². The van der Waals surface area contributed by atoms with Crippen LogP contribution in [0.4, 0.5) is 0 Å². The highest BCUT2D eigenvalue weighted by atomic mass is 14.3. The lowest BCUT2D eigenvalue weighted by molar-refractivity contribution is 0.297. The Morgan fingerprint density at radius 3 is 2.06 bits per heavy atom. The number of benzene rings is 1. The summed E-state index contributed by atoms with van der Waals surface area (Å²) in [6.07, 6.45) is 8.23. The zero-order valence-electron chi connectivity index (χ0n) is 12.7. The normalized spacial score (nSPS) is 13.6. The van der Waals surface area contributed by atoms with Crippen LogP contribution in [0.5, 0.6) is 0 Å². The molecule has 0 N–H and O–H groups in total. The van der Waals surface area contributed by atoms with Crippen molar-refractivity contribution in [2.45, 2.75) is 72.1 Å². The first-order chi connectivity index (χ1) is 8.55. The van der Waals surface area contributed by atoms with Crippen molar-refractivity contribution in [2.75, 3.05) is 0 Å². The van der Waals surface area contributed by atoms with Gasteiger partial charge in [0.15, 0.2) is 0 Å². The number of hydrogen-bond acceptors (Lipinski definition) is 0. The first kappa shape index (κ1) is 15.3. The fourth-order valence-corrected chi connectivity index (χ4v) is 2.74. The van der Waals surface area contributed by atoms with Crippen molar-refractivity contribution in [3.8, 4) is 0 Å². The second-order valence-corrected chi connectivity index (χ2v) is 6.53. The minimum absolute atomic E-state index is 0.367. The van der Waals surface area contributed by atoms with Crippen LogP contribution in [0.1, 0.15) is 77.7 Å². The van der Waals surface area contributed by atoms with Crippen LogP contribution in [0.15, 0.2) is 30.3 Å². The van der Waals surface area contributed by atoms with E-state index in [1.54, 1.807) is 0 Å². The van der Waals surface area contributed by atoms with E-state index in [1.165, 1.54) is 44.1 Å². The van der Waals surface area contributed by atoms with Crippen LogP contribution >= 0.6 is 0 Å². The zero-order chi connectivity index (χ0) is 13.4. The van der Waals surface area contributed by atoms with Crippen molar-refractivity contribution >= 4 is 0 Å². The molecule has 1 aromatic carbocycles. The van der Waals surface area contributed by atoms with E-state index in [2.05, 4.69) is 58.0 Å². The van der Waals surface area contributed by atoms with Crippen molar-refractivity contribution in [3.05, 3.63) is 35.9 Å². The van der Waals surface area contributed by atoms with Crippen molar-refractivity contribution in [1.82, 2.24) is 0 Å². The molecule has 1 rings (SSSR count). The first-order valence-electron chi connectivity index (χ1n) is 7.60. The van der Waals surface area contributed by atoms with Gasteiger partial charge in [0.2, 0.25) is 0 Å². The topological polar surface area (TPSA) is 0 Å². The van der Waals surface area contributed by atoms with Gasteiger partial charge >= 0.3 is 0 Å². The lowest BCUT2D eigenvalue weighted by Crippen LogP contribution is -2.18. The maximum atomic E-state index is 2.37. The van der Waals surface area contributed by atoms with E-state index < -0.39 is 0 Å². The van der Waals surface area contributed by atoms with Gasteiger partial charge in [-0.15, -0.1) is 0 Å². The molecular weight excluding hydrogens is 216 g/mol. The third-order valence-electron chi connectivity index (χ3n) is 3.84. The van der Waals surface area contributed by atoms with Crippen LogP contribution in [-0.2, 0) is 0 Å². The molecule has 0 heteroatoms. The van der Waals surface area contributed by atoms with Crippen LogP contribution in [0.3, 0.4) is 0 Å². The highest BCUT2D eigenvalue weighted by Crippen LogP contribution is 2.38. The molecule has 0 saturated carbocycles. The maximum absolute atomic E-state index is 2.37. The zero-order valence-corrected chi connectivity index (χ0v) is 12.7. The maximum Gasteiger partial charge on any atom is -0.0113 e. The monoisotopic (exact) mass is 246 g/mol. The Balaban J connectivity index is 2.53. The van der Waals surface area contributed by atoms with Crippen LogP contribution in [0.25, 0.3) is 0 Å². The van der Waals surface area contributed by atoms with Gasteiger partial charge in [0, 0.05) is 0 Å². The Labute approximate surface area is 114 Å². The second kappa shape index (κ2) is 7.61. The molecule has 0 aromatic heterocycles. The van der Waals surface area contributed by atoms with E-state index in [1.807, 2.05) is 0 Å². The second-order valence-electron chi connectivity index (χ2n) is 6.53. The Kier molecular flexibility index (Phi) is 6.46. The summed E-state index contributed by atoms with van der Waals surface area (Å²) in [5.74, 6) is 0.695. The van der Waals surface area contributed by atoms with Gasteiger partial charge < -0.3 is 0 Å². The van der Waals surface area contributed by atoms with Gasteiger partial charge in [-0.05, 0) is 23.3 Å². The van der Waals surface area contributed by atoms with Crippen LogP contribution in [0.2, 0.25) is 0 Å². The first-order valence-corrected chi connectivity index (χ1v) is 7.60. The summed E-state index contributed by atoms with van der Waals surface area (Å²) >= 11 is 0. The summed E-state index contributed by atoms with van der Waals surface area (Å²) in [5, 5.41) is 0. The fraction of sp³-hybridized carbons (Fsp3) is 0.667. The minimum atomic E-state index is 0.367. The van der Waals surface area contributed by atoms with E-state index in [-0.39, 0.29) is 0 Å². The molecule has 1 aromatic rings. The van der Waals surface area contributed by atoms with Gasteiger partial charge in [0.05, 0.1) is 0 Å². The SMILES string of the molecule is CCCCCCCC(c1ccccc1)C(C)(C)C. The molecule has 0 nitrogen and oxygen atoms in total. The van der Waals surface area contributed by atoms with E-state index in [0.717, 1.165) is 0 Å². The van der Waals surface area contributed by atoms with Crippen molar-refractivity contribution in [1.29, 1.82) is 0 Å². The Bertz CT molecular complexity index is 305. The van der Waals surface area contributed by atoms with Crippen LogP contribution < -0.4 is 0 Å². The molecule has 0 radical (unpaired) electrons. The predicted octanol–water partition coefficient (Wildman–Crippen LogP) is 6.18. The third-order valence-corrected chi connectivity index (χ3v) is 3.84. The van der Waals surface area contributed by atoms with Gasteiger partial charge in [-0.2, -0.15) is 0 Å². The van der Waals surface area contributed by atoms with Crippen molar-refractivity contribution in [2.24, 2.45) is 5.41 Å². The summed E-state index contributed by atoms with van der Waals surface area (Å²) in [5.41, 5.74) is 1.88. The molecule has 102 valence electrons. The predicted molar refractivity (Wildman–Crippen MR) is 82.0 cm³/mol. The molecule has 0 fully saturated rings. The summed E-state index contributed by atoms with van der Waals surface area (Å²) in [6.45, 7) is 9.39. The Hall–Kier alpha value is -0.780. The Morgan fingerprint density at radius 1 is 0.889 bits per heavy atom. The molecule has 1 atom stereocenters. The van der Waals surface area contributed by atoms with Gasteiger partial charge in [-0.1, -0.05) is 90.1 Å². The van der Waals surface area contributed by atoms with E-state index in [9.17, 15) is 0 Å². The number of unbranched alkanes of at least 4 members (excludes halogenated alkanes) is 4. The molecule has 0 amide bonds. The molecule has 0 aliphatic carbocycles. The summed E-state index contributed by atoms with van der Waals surface area (Å²) < 4.78 is 0. The summed E-state index contributed by atoms with van der Waals surface area (Å²) in [7, 11) is 0. The Morgan fingerprint density at radius 2 is 1.50 bits per heavy atom. The smallest absolute Gasteiger partial charge is 0.0113 e. The largest absolute Gasteiger partial charge is 0.0654 e. The average Bonchev–Trinajstić information content (AvgIpc) is 2.33. The molecule has 0 aliphatic rings. The quantitative estimate of drug-likeness (QED) is 0.504. The lowest BCUT2D eigenvalue weighted by atomic mass is 9.74. The lowest BCUT2D eigenvalue weighted by Gasteiger charge is -2.31. The molecule has 0 heterocycles. The highest BCUT2D eigenvalue weighted by Gasteiger charge is 2.25. The van der Waals surface area contributed by atoms with Gasteiger partial charge in [-0.3, -0.25) is 0 Å². The van der Waals surface area contributed by atoms with Crippen molar-refractivity contribution in [3.63, 3.8) is 0 Å². The molecule has 18 heavy (non-hydrogen) atoms. The summed E-state index contributed by atoms with van der Waals surface area (Å²) in [4.78, 5) is 0. The van der Waals surface area contributed by atoms with Crippen molar-refractivity contribution < 1.29 is 0 Å². The third kappa shape index (κ3) is 5.25. The molecule has 0 saturated heterocycles. The van der Waals surface area contributed by atoms with Gasteiger partial charge in [0.25, 0.3) is 0 Å². The number of rotatable bonds is 7. The standard InChI is InChI=1S/C18H30/c1-5-6-7-8-12-15-17(18(2,3)4)16-13-10-9-11-14-16/h9-11,13-14,17H,5-8,12,15H2,1-4H3. The average molecular weight is 246 g/mol. The van der Waals surface area contributed by atoms with E-state index in [4.69, 9.17) is 0 Å². The van der Waals surface area contributed by atoms with Crippen LogP contribution in [-0.4, -0.2) is 0 Å². The fourth-order valence-electron chi connectivity index (χ4n) is 2.74. The van der Waals surface area contributed by atoms with E-state index in [0.29, 0.717) is 11.3 Å². The summed E-state index contributed by atoms with van der Waals surface area (Å²) in [6, 6.07) is 11.0. The van der Waals surface area contributed by atoms with E-state index >= 15 is 0 Å². The highest BCUT2D eigenvalue weighted by molar-refractivity contribution is 5.21. The minimum Gasteiger partial charge on any atom is -0.0654 e. The molecular formula is C18H30. The molecule has 1 unspecified atom stereocenters. The molecule has 0 bridgehead atoms. The van der Waals surface area contributed by atoms with Gasteiger partial charge in [0.1, 0.15) is 0 Å². The molecule has 0 aliphatic heterocycles.